The summed E-state index contributed by atoms with van der Waals surface area (Å²) in [6, 6.07) is 9.09. The number of amides is 3. The summed E-state index contributed by atoms with van der Waals surface area (Å²) in [5.41, 5.74) is 0.486. The Balaban J connectivity index is 1.76. The lowest BCUT2D eigenvalue weighted by atomic mass is 9.66. The molecule has 1 aromatic carbocycles. The van der Waals surface area contributed by atoms with Gasteiger partial charge in [0.05, 0.1) is 23.2 Å². The van der Waals surface area contributed by atoms with E-state index in [9.17, 15) is 19.5 Å². The van der Waals surface area contributed by atoms with E-state index in [1.54, 1.807) is 33.7 Å². The number of aliphatic hydroxyl groups is 1. The Bertz CT molecular complexity index is 1210. The fourth-order valence-electron chi connectivity index (χ4n) is 8.12. The van der Waals surface area contributed by atoms with E-state index in [1.807, 2.05) is 35.2 Å². The summed E-state index contributed by atoms with van der Waals surface area (Å²) in [7, 11) is 0. The van der Waals surface area contributed by atoms with Crippen LogP contribution in [0.1, 0.15) is 66.4 Å². The first kappa shape index (κ1) is 32.3. The lowest BCUT2D eigenvalue weighted by molar-refractivity contribution is -0.147. The van der Waals surface area contributed by atoms with E-state index >= 15 is 0 Å². The smallest absolute Gasteiger partial charge is 0.247 e. The van der Waals surface area contributed by atoms with Gasteiger partial charge in [-0.25, -0.2) is 0 Å². The van der Waals surface area contributed by atoms with Crippen molar-refractivity contribution in [3.8, 4) is 0 Å². The zero-order valence-corrected chi connectivity index (χ0v) is 27.1. The van der Waals surface area contributed by atoms with Crippen molar-refractivity contribution in [3.63, 3.8) is 0 Å². The van der Waals surface area contributed by atoms with Gasteiger partial charge in [-0.1, -0.05) is 63.3 Å². The number of carbonyl (C=O) groups excluding carboxylic acids is 3. The third-order valence-electron chi connectivity index (χ3n) is 9.27. The maximum absolute atomic E-state index is 14.8. The van der Waals surface area contributed by atoms with Crippen LogP contribution in [0.5, 0.6) is 0 Å². The van der Waals surface area contributed by atoms with Crippen LogP contribution in [-0.4, -0.2) is 84.8 Å². The summed E-state index contributed by atoms with van der Waals surface area (Å²) in [4.78, 5) is 48.8. The molecule has 230 valence electrons. The van der Waals surface area contributed by atoms with Crippen LogP contribution >= 0.6 is 11.8 Å². The molecule has 1 aromatic rings. The molecule has 1 N–H and O–H groups in total. The van der Waals surface area contributed by atoms with Gasteiger partial charge in [0.15, 0.2) is 0 Å². The van der Waals surface area contributed by atoms with Gasteiger partial charge in [0, 0.05) is 36.5 Å². The van der Waals surface area contributed by atoms with Crippen LogP contribution in [0, 0.1) is 17.3 Å². The van der Waals surface area contributed by atoms with E-state index in [2.05, 4.69) is 54.7 Å². The number of hydrogen-bond acceptors (Lipinski definition) is 5. The van der Waals surface area contributed by atoms with Crippen molar-refractivity contribution < 1.29 is 19.5 Å². The minimum atomic E-state index is -0.757. The highest BCUT2D eigenvalue weighted by Crippen LogP contribution is 2.71. The van der Waals surface area contributed by atoms with Gasteiger partial charge in [-0.05, 0) is 51.0 Å². The number of rotatable bonds is 12. The Morgan fingerprint density at radius 2 is 1.71 bits per heavy atom. The number of aliphatic hydroxyl groups excluding tert-OH is 1. The number of benzene rings is 1. The van der Waals surface area contributed by atoms with E-state index in [1.165, 1.54) is 0 Å². The number of fused-ring (bicyclic) bond motifs is 1. The normalized spacial score (nSPS) is 28.5. The molecular formula is C34H49N3O4S. The molecular weight excluding hydrogens is 546 g/mol. The molecule has 0 aromatic heterocycles. The largest absolute Gasteiger partial charge is 0.395 e. The molecule has 2 unspecified atom stereocenters. The Kier molecular flexibility index (Phi) is 9.11. The van der Waals surface area contributed by atoms with Gasteiger partial charge in [-0.2, -0.15) is 0 Å². The van der Waals surface area contributed by atoms with Crippen LogP contribution < -0.4 is 0 Å². The molecule has 8 heteroatoms. The maximum atomic E-state index is 14.8. The summed E-state index contributed by atoms with van der Waals surface area (Å²) in [6.45, 7) is 21.5. The first-order valence-electron chi connectivity index (χ1n) is 15.1. The number of likely N-dealkylation sites (tertiary alicyclic amines) is 1. The molecule has 3 saturated heterocycles. The summed E-state index contributed by atoms with van der Waals surface area (Å²) < 4.78 is -1.20. The molecule has 5 atom stereocenters. The fourth-order valence-corrected chi connectivity index (χ4v) is 10.5. The lowest BCUT2D eigenvalue weighted by Crippen LogP contribution is -2.60. The second-order valence-electron chi connectivity index (χ2n) is 14.3. The maximum Gasteiger partial charge on any atom is 0.247 e. The van der Waals surface area contributed by atoms with Gasteiger partial charge in [-0.15, -0.1) is 24.9 Å². The van der Waals surface area contributed by atoms with Crippen LogP contribution in [0.25, 0.3) is 0 Å². The average Bonchev–Trinajstić information content (AvgIpc) is 3.46. The molecule has 1 spiro atoms. The lowest BCUT2D eigenvalue weighted by Gasteiger charge is -2.46. The highest BCUT2D eigenvalue weighted by Gasteiger charge is 2.77. The molecule has 3 aliphatic rings. The third-order valence-corrected chi connectivity index (χ3v) is 11.3. The zero-order chi connectivity index (χ0) is 31.1. The quantitative estimate of drug-likeness (QED) is 0.348. The fraction of sp³-hybridized carbons (Fsp3) is 0.618. The molecule has 2 bridgehead atoms. The van der Waals surface area contributed by atoms with Gasteiger partial charge < -0.3 is 19.8 Å². The van der Waals surface area contributed by atoms with Gasteiger partial charge >= 0.3 is 0 Å². The van der Waals surface area contributed by atoms with Crippen molar-refractivity contribution in [2.24, 2.45) is 17.3 Å². The average molecular weight is 596 g/mol. The van der Waals surface area contributed by atoms with E-state index in [0.717, 1.165) is 18.4 Å². The van der Waals surface area contributed by atoms with Gasteiger partial charge in [-0.3, -0.25) is 14.4 Å². The molecule has 3 heterocycles. The van der Waals surface area contributed by atoms with E-state index in [-0.39, 0.29) is 36.3 Å². The standard InChI is InChI=1S/C34H49N3O4S/c1-9-18-35(22-24-14-12-11-13-15-24)28(39)25-26-29(40)36(20-21-38)27(34(26)17-16-33(25,8)42-34)30(41)37(19-10-2)32(6,7)23-31(3,4)5/h9-15,25-27,38H,1-2,16-23H2,3-8H3/t25-,26-,27?,33+,34?/m0/s1. The van der Waals surface area contributed by atoms with Crippen molar-refractivity contribution in [2.75, 3.05) is 26.2 Å². The topological polar surface area (TPSA) is 81.2 Å². The molecule has 42 heavy (non-hydrogen) atoms. The number of thioether (sulfide) groups is 1. The molecule has 3 amide bonds. The highest BCUT2D eigenvalue weighted by molar-refractivity contribution is 8.02. The van der Waals surface area contributed by atoms with E-state index in [4.69, 9.17) is 0 Å². The van der Waals surface area contributed by atoms with Crippen LogP contribution in [0.4, 0.5) is 0 Å². The predicted octanol–water partition coefficient (Wildman–Crippen LogP) is 4.90. The minimum Gasteiger partial charge on any atom is -0.395 e. The summed E-state index contributed by atoms with van der Waals surface area (Å²) in [6.07, 6.45) is 5.65. The van der Waals surface area contributed by atoms with Crippen LogP contribution in [-0.2, 0) is 20.9 Å². The molecule has 7 nitrogen and oxygen atoms in total. The number of hydrogen-bond donors (Lipinski definition) is 1. The highest BCUT2D eigenvalue weighted by atomic mass is 32.2. The minimum absolute atomic E-state index is 0.0286. The second-order valence-corrected chi connectivity index (χ2v) is 16.2. The predicted molar refractivity (Wildman–Crippen MR) is 170 cm³/mol. The first-order chi connectivity index (χ1) is 19.7. The molecule has 0 radical (unpaired) electrons. The zero-order valence-electron chi connectivity index (χ0n) is 26.3. The van der Waals surface area contributed by atoms with Crippen molar-refractivity contribution >= 4 is 29.5 Å². The van der Waals surface area contributed by atoms with Gasteiger partial charge in [0.1, 0.15) is 6.04 Å². The Hall–Kier alpha value is -2.58. The number of β-amino-alcohol motifs (C(OH)–C–C–N with tert-alkyl or cyclic N) is 1. The van der Waals surface area contributed by atoms with Crippen molar-refractivity contribution in [1.29, 1.82) is 0 Å². The van der Waals surface area contributed by atoms with E-state index in [0.29, 0.717) is 26.1 Å². The van der Waals surface area contributed by atoms with Crippen LogP contribution in [0.2, 0.25) is 0 Å². The van der Waals surface area contributed by atoms with Gasteiger partial charge in [0.25, 0.3) is 0 Å². The van der Waals surface area contributed by atoms with Gasteiger partial charge in [0.2, 0.25) is 17.7 Å². The van der Waals surface area contributed by atoms with Crippen LogP contribution in [0.3, 0.4) is 0 Å². The van der Waals surface area contributed by atoms with Crippen molar-refractivity contribution in [1.82, 2.24) is 14.7 Å². The molecule has 4 rings (SSSR count). The molecule has 3 aliphatic heterocycles. The van der Waals surface area contributed by atoms with Crippen molar-refractivity contribution in [3.05, 3.63) is 61.2 Å². The molecule has 0 aliphatic carbocycles. The Morgan fingerprint density at radius 3 is 2.29 bits per heavy atom. The third kappa shape index (κ3) is 5.69. The number of nitrogens with zero attached hydrogens (tertiary/aromatic N) is 3. The SMILES string of the molecule is C=CCN(Cc1ccccc1)C(=O)[C@@H]1[C@H]2C(=O)N(CCO)C(C(=O)N(CC=C)C(C)(C)CC(C)(C)C)C23CC[C@@]1(C)S3. The van der Waals surface area contributed by atoms with Crippen LogP contribution in [0.15, 0.2) is 55.6 Å². The van der Waals surface area contributed by atoms with Crippen molar-refractivity contribution in [2.45, 2.75) is 88.4 Å². The molecule has 0 saturated carbocycles. The Morgan fingerprint density at radius 1 is 1.07 bits per heavy atom. The summed E-state index contributed by atoms with van der Waals surface area (Å²) in [5.74, 6) is -1.58. The monoisotopic (exact) mass is 595 g/mol. The summed E-state index contributed by atoms with van der Waals surface area (Å²) in [5, 5.41) is 10.0. The second kappa shape index (κ2) is 11.8. The Labute approximate surface area is 256 Å². The molecule has 3 fully saturated rings. The number of carbonyl (C=O) groups is 3. The summed E-state index contributed by atoms with van der Waals surface area (Å²) >= 11 is 1.67. The first-order valence-corrected chi connectivity index (χ1v) is 15.9. The van der Waals surface area contributed by atoms with E-state index < -0.39 is 32.9 Å².